The van der Waals surface area contributed by atoms with E-state index < -0.39 is 9.84 Å². The highest BCUT2D eigenvalue weighted by atomic mass is 32.2. The molecule has 1 aromatic heterocycles. The lowest BCUT2D eigenvalue weighted by atomic mass is 10.0. The van der Waals surface area contributed by atoms with Crippen LogP contribution in [0.2, 0.25) is 0 Å². The Morgan fingerprint density at radius 1 is 1.05 bits per heavy atom. The molecular formula is C15H13NO3S. The van der Waals surface area contributed by atoms with Gasteiger partial charge in [0.15, 0.2) is 9.84 Å². The van der Waals surface area contributed by atoms with Gasteiger partial charge in [0.05, 0.1) is 0 Å². The van der Waals surface area contributed by atoms with Gasteiger partial charge in [-0.3, -0.25) is 0 Å². The first kappa shape index (κ1) is 12.7. The first-order valence-corrected chi connectivity index (χ1v) is 7.96. The third-order valence-corrected chi connectivity index (χ3v) is 4.23. The van der Waals surface area contributed by atoms with Crippen LogP contribution in [-0.4, -0.2) is 24.8 Å². The van der Waals surface area contributed by atoms with Gasteiger partial charge in [-0.2, -0.15) is 0 Å². The van der Waals surface area contributed by atoms with E-state index in [9.17, 15) is 13.5 Å². The number of hydrogen-bond acceptors (Lipinski definition) is 3. The molecule has 0 fully saturated rings. The number of fused-ring (bicyclic) bond motifs is 1. The van der Waals surface area contributed by atoms with Crippen molar-refractivity contribution in [1.82, 2.24) is 4.98 Å². The fourth-order valence-electron chi connectivity index (χ4n) is 2.32. The van der Waals surface area contributed by atoms with E-state index in [4.69, 9.17) is 0 Å². The smallest absolute Gasteiger partial charge is 0.191 e. The Kier molecular flexibility index (Phi) is 2.79. The summed E-state index contributed by atoms with van der Waals surface area (Å²) in [7, 11) is -3.39. The molecule has 0 spiro atoms. The average Bonchev–Trinajstić information content (AvgIpc) is 2.78. The van der Waals surface area contributed by atoms with E-state index in [1.54, 1.807) is 12.1 Å². The molecule has 2 aromatic carbocycles. The molecule has 0 saturated heterocycles. The zero-order chi connectivity index (χ0) is 14.3. The van der Waals surface area contributed by atoms with Gasteiger partial charge < -0.3 is 10.1 Å². The molecular weight excluding hydrogens is 274 g/mol. The third kappa shape index (κ3) is 2.06. The third-order valence-electron chi connectivity index (χ3n) is 3.18. The molecule has 0 bridgehead atoms. The van der Waals surface area contributed by atoms with Gasteiger partial charge in [0.1, 0.15) is 10.8 Å². The molecule has 3 rings (SSSR count). The number of rotatable bonds is 2. The number of phenols is 1. The van der Waals surface area contributed by atoms with E-state index in [1.165, 1.54) is 12.3 Å². The van der Waals surface area contributed by atoms with Gasteiger partial charge in [0.25, 0.3) is 0 Å². The van der Waals surface area contributed by atoms with Gasteiger partial charge in [-0.05, 0) is 23.8 Å². The first-order chi connectivity index (χ1) is 9.47. The van der Waals surface area contributed by atoms with Crippen LogP contribution in [-0.2, 0) is 9.84 Å². The Labute approximate surface area is 116 Å². The summed E-state index contributed by atoms with van der Waals surface area (Å²) in [6.07, 6.45) is 1.17. The normalized spacial score (nSPS) is 11.8. The van der Waals surface area contributed by atoms with E-state index in [0.717, 1.165) is 5.56 Å². The fraction of sp³-hybridized carbons (Fsp3) is 0.0667. The Hall–Kier alpha value is -2.27. The number of benzene rings is 2. The van der Waals surface area contributed by atoms with Crippen molar-refractivity contribution in [3.63, 3.8) is 0 Å². The molecule has 0 saturated carbocycles. The number of phenolic OH excluding ortho intramolecular Hbond substituents is 1. The highest BCUT2D eigenvalue weighted by Crippen LogP contribution is 2.36. The molecule has 0 amide bonds. The molecule has 0 aliphatic carbocycles. The SMILES string of the molecule is CS(=O)(=O)c1[nH]c2ccc(O)cc2c1-c1ccccc1. The number of hydrogen-bond donors (Lipinski definition) is 2. The molecule has 0 unspecified atom stereocenters. The predicted molar refractivity (Wildman–Crippen MR) is 78.5 cm³/mol. The van der Waals surface area contributed by atoms with Crippen molar-refractivity contribution in [2.24, 2.45) is 0 Å². The molecule has 3 aromatic rings. The quantitative estimate of drug-likeness (QED) is 0.761. The minimum absolute atomic E-state index is 0.105. The molecule has 20 heavy (non-hydrogen) atoms. The van der Waals surface area contributed by atoms with Crippen LogP contribution in [0.3, 0.4) is 0 Å². The van der Waals surface area contributed by atoms with E-state index in [1.807, 2.05) is 30.3 Å². The maximum absolute atomic E-state index is 12.0. The second kappa shape index (κ2) is 4.38. The molecule has 0 atom stereocenters. The molecule has 2 N–H and O–H groups in total. The van der Waals surface area contributed by atoms with Gasteiger partial charge in [0, 0.05) is 22.7 Å². The van der Waals surface area contributed by atoms with Gasteiger partial charge in [-0.15, -0.1) is 0 Å². The lowest BCUT2D eigenvalue weighted by molar-refractivity contribution is 0.476. The number of sulfone groups is 1. The molecule has 5 heteroatoms. The highest BCUT2D eigenvalue weighted by Gasteiger charge is 2.20. The summed E-state index contributed by atoms with van der Waals surface area (Å²) in [5.74, 6) is 0.105. The standard InChI is InChI=1S/C15H13NO3S/c1-20(18,19)15-14(10-5-3-2-4-6-10)12-9-11(17)7-8-13(12)16-15/h2-9,16-17H,1H3. The fourth-order valence-corrected chi connectivity index (χ4v) is 3.22. The lowest BCUT2D eigenvalue weighted by Gasteiger charge is -2.03. The second-order valence-electron chi connectivity index (χ2n) is 4.70. The molecule has 0 aliphatic heterocycles. The van der Waals surface area contributed by atoms with Crippen LogP contribution >= 0.6 is 0 Å². The van der Waals surface area contributed by atoms with Crippen molar-refractivity contribution in [2.75, 3.05) is 6.26 Å². The van der Waals surface area contributed by atoms with E-state index in [-0.39, 0.29) is 10.8 Å². The van der Waals surface area contributed by atoms with Crippen molar-refractivity contribution in [1.29, 1.82) is 0 Å². The largest absolute Gasteiger partial charge is 0.508 e. The minimum atomic E-state index is -3.39. The zero-order valence-corrected chi connectivity index (χ0v) is 11.6. The lowest BCUT2D eigenvalue weighted by Crippen LogP contribution is -1.99. The van der Waals surface area contributed by atoms with Crippen LogP contribution in [0.4, 0.5) is 0 Å². The van der Waals surface area contributed by atoms with Crippen LogP contribution in [0.15, 0.2) is 53.6 Å². The topological polar surface area (TPSA) is 70.2 Å². The van der Waals surface area contributed by atoms with Gasteiger partial charge >= 0.3 is 0 Å². The number of H-pyrrole nitrogens is 1. The molecule has 0 aliphatic rings. The summed E-state index contributed by atoms with van der Waals surface area (Å²) in [6, 6.07) is 14.0. The molecule has 4 nitrogen and oxygen atoms in total. The summed E-state index contributed by atoms with van der Waals surface area (Å²) in [5.41, 5.74) is 2.07. The Balaban J connectivity index is 2.46. The van der Waals surface area contributed by atoms with Crippen molar-refractivity contribution in [3.05, 3.63) is 48.5 Å². The van der Waals surface area contributed by atoms with Crippen LogP contribution in [0, 0.1) is 0 Å². The van der Waals surface area contributed by atoms with Crippen LogP contribution in [0.1, 0.15) is 0 Å². The Morgan fingerprint density at radius 3 is 2.40 bits per heavy atom. The minimum Gasteiger partial charge on any atom is -0.508 e. The van der Waals surface area contributed by atoms with Crippen molar-refractivity contribution < 1.29 is 13.5 Å². The van der Waals surface area contributed by atoms with Crippen molar-refractivity contribution in [3.8, 4) is 16.9 Å². The maximum atomic E-state index is 12.0. The monoisotopic (exact) mass is 287 g/mol. The zero-order valence-electron chi connectivity index (χ0n) is 10.8. The molecule has 0 radical (unpaired) electrons. The molecule has 1 heterocycles. The Bertz CT molecular complexity index is 880. The van der Waals surface area contributed by atoms with Crippen molar-refractivity contribution >= 4 is 20.7 Å². The van der Waals surface area contributed by atoms with E-state index in [0.29, 0.717) is 16.5 Å². The predicted octanol–water partition coefficient (Wildman–Crippen LogP) is 2.94. The van der Waals surface area contributed by atoms with E-state index in [2.05, 4.69) is 4.98 Å². The van der Waals surface area contributed by atoms with Crippen molar-refractivity contribution in [2.45, 2.75) is 5.03 Å². The summed E-state index contributed by atoms with van der Waals surface area (Å²) >= 11 is 0. The maximum Gasteiger partial charge on any atom is 0.191 e. The van der Waals surface area contributed by atoms with E-state index >= 15 is 0 Å². The Morgan fingerprint density at radius 2 is 1.75 bits per heavy atom. The van der Waals surface area contributed by atoms with Crippen LogP contribution in [0.25, 0.3) is 22.0 Å². The summed E-state index contributed by atoms with van der Waals surface area (Å²) in [4.78, 5) is 2.93. The molecule has 102 valence electrons. The highest BCUT2D eigenvalue weighted by molar-refractivity contribution is 7.90. The number of aromatic amines is 1. The average molecular weight is 287 g/mol. The second-order valence-corrected chi connectivity index (χ2v) is 6.65. The summed E-state index contributed by atoms with van der Waals surface area (Å²) in [5, 5.41) is 10.5. The summed E-state index contributed by atoms with van der Waals surface area (Å²) in [6.45, 7) is 0. The van der Waals surface area contributed by atoms with Crippen LogP contribution in [0.5, 0.6) is 5.75 Å². The van der Waals surface area contributed by atoms with Gasteiger partial charge in [0.2, 0.25) is 0 Å². The number of aromatic hydroxyl groups is 1. The van der Waals surface area contributed by atoms with Crippen LogP contribution < -0.4 is 0 Å². The van der Waals surface area contributed by atoms with Gasteiger partial charge in [-0.25, -0.2) is 8.42 Å². The number of nitrogens with one attached hydrogen (secondary N) is 1. The summed E-state index contributed by atoms with van der Waals surface area (Å²) < 4.78 is 24.0. The van der Waals surface area contributed by atoms with Gasteiger partial charge in [-0.1, -0.05) is 30.3 Å². The first-order valence-electron chi connectivity index (χ1n) is 6.07. The number of aromatic nitrogens is 1.